The summed E-state index contributed by atoms with van der Waals surface area (Å²) in [4.78, 5) is 0. The van der Waals surface area contributed by atoms with Gasteiger partial charge < -0.3 is 4.40 Å². The van der Waals surface area contributed by atoms with Crippen LogP contribution in [0.3, 0.4) is 0 Å². The molecule has 1 heteroatoms. The quantitative estimate of drug-likeness (QED) is 0.185. The largest absolute Gasteiger partial charge is 0.308 e. The van der Waals surface area contributed by atoms with Gasteiger partial charge in [0.05, 0.1) is 16.6 Å². The SMILES string of the molecule is c1ccc2c(c1)CCc1cc3c(cc1-2)c1ccc2ccc4c5ccccc5cc5c6ccccc6n3c1c2c45. The number of para-hydroxylation sites is 1. The van der Waals surface area contributed by atoms with Gasteiger partial charge in [0, 0.05) is 26.9 Å². The van der Waals surface area contributed by atoms with Crippen LogP contribution in [-0.2, 0) is 12.8 Å². The van der Waals surface area contributed by atoms with E-state index in [1.807, 2.05) is 0 Å². The average molecular weight is 494 g/mol. The molecule has 39 heavy (non-hydrogen) atoms. The van der Waals surface area contributed by atoms with Gasteiger partial charge in [-0.2, -0.15) is 0 Å². The van der Waals surface area contributed by atoms with Crippen molar-refractivity contribution < 1.29 is 0 Å². The van der Waals surface area contributed by atoms with Gasteiger partial charge in [0.2, 0.25) is 0 Å². The zero-order valence-electron chi connectivity index (χ0n) is 21.3. The molecule has 0 aliphatic heterocycles. The maximum absolute atomic E-state index is 2.58. The smallest absolute Gasteiger partial charge is 0.0626 e. The summed E-state index contributed by atoms with van der Waals surface area (Å²) in [5.74, 6) is 0. The Morgan fingerprint density at radius 1 is 0.410 bits per heavy atom. The van der Waals surface area contributed by atoms with Gasteiger partial charge in [-0.3, -0.25) is 0 Å². The van der Waals surface area contributed by atoms with Crippen molar-refractivity contribution in [2.24, 2.45) is 0 Å². The normalized spacial score (nSPS) is 13.4. The molecule has 10 rings (SSSR count). The number of aryl methyl sites for hydroxylation is 2. The van der Waals surface area contributed by atoms with Crippen LogP contribution in [0.5, 0.6) is 0 Å². The number of aromatic nitrogens is 1. The molecule has 180 valence electrons. The lowest BCUT2D eigenvalue weighted by molar-refractivity contribution is 0.943. The van der Waals surface area contributed by atoms with Gasteiger partial charge in [0.25, 0.3) is 0 Å². The number of nitrogens with zero attached hydrogens (tertiary/aromatic N) is 1. The van der Waals surface area contributed by atoms with Crippen molar-refractivity contribution in [2.75, 3.05) is 0 Å². The molecular formula is C38H23N. The molecule has 1 nitrogen and oxygen atoms in total. The first kappa shape index (κ1) is 20.1. The van der Waals surface area contributed by atoms with Gasteiger partial charge in [-0.15, -0.1) is 0 Å². The summed E-state index contributed by atoms with van der Waals surface area (Å²) >= 11 is 0. The van der Waals surface area contributed by atoms with Crippen molar-refractivity contribution in [3.8, 4) is 11.1 Å². The monoisotopic (exact) mass is 493 g/mol. The Bertz CT molecular complexity index is 2490. The molecule has 9 aromatic rings. The minimum absolute atomic E-state index is 1.09. The van der Waals surface area contributed by atoms with Crippen LogP contribution in [0, 0.1) is 0 Å². The second-order valence-corrected chi connectivity index (χ2v) is 11.2. The molecule has 0 atom stereocenters. The third kappa shape index (κ3) is 2.42. The maximum atomic E-state index is 2.58. The zero-order chi connectivity index (χ0) is 25.2. The Morgan fingerprint density at radius 3 is 2.13 bits per heavy atom. The van der Waals surface area contributed by atoms with Gasteiger partial charge in [-0.25, -0.2) is 0 Å². The van der Waals surface area contributed by atoms with E-state index in [-0.39, 0.29) is 0 Å². The molecule has 0 fully saturated rings. The Labute approximate surface area is 224 Å². The molecule has 1 aliphatic carbocycles. The molecule has 7 aromatic carbocycles. The number of hydrogen-bond acceptors (Lipinski definition) is 0. The third-order valence-electron chi connectivity index (χ3n) is 9.36. The van der Waals surface area contributed by atoms with Crippen molar-refractivity contribution in [3.05, 3.63) is 126 Å². The Morgan fingerprint density at radius 2 is 1.18 bits per heavy atom. The fraction of sp³-hybridized carbons (Fsp3) is 0.0526. The molecule has 0 amide bonds. The summed E-state index contributed by atoms with van der Waals surface area (Å²) in [6, 6.07) is 43.6. The molecule has 0 N–H and O–H groups in total. The Balaban J connectivity index is 1.54. The highest BCUT2D eigenvalue weighted by Gasteiger charge is 2.23. The Hall–Kier alpha value is -4.88. The summed E-state index contributed by atoms with van der Waals surface area (Å²) in [6.07, 6.45) is 2.19. The number of hydrogen-bond donors (Lipinski definition) is 0. The molecule has 0 radical (unpaired) electrons. The highest BCUT2D eigenvalue weighted by molar-refractivity contribution is 6.35. The molecule has 0 spiro atoms. The number of fused-ring (bicyclic) bond motifs is 11. The van der Waals surface area contributed by atoms with Crippen LogP contribution in [0.15, 0.2) is 115 Å². The van der Waals surface area contributed by atoms with E-state index in [1.54, 1.807) is 0 Å². The van der Waals surface area contributed by atoms with E-state index < -0.39 is 0 Å². The average Bonchev–Trinajstić information content (AvgIpc) is 3.25. The summed E-state index contributed by atoms with van der Waals surface area (Å²) in [5.41, 5.74) is 9.65. The van der Waals surface area contributed by atoms with Crippen molar-refractivity contribution in [1.82, 2.24) is 4.40 Å². The minimum atomic E-state index is 1.09. The van der Waals surface area contributed by atoms with Crippen molar-refractivity contribution >= 4 is 70.4 Å². The molecule has 0 saturated heterocycles. The van der Waals surface area contributed by atoms with Crippen LogP contribution in [0.4, 0.5) is 0 Å². The predicted octanol–water partition coefficient (Wildman–Crippen LogP) is 10.1. The molecule has 0 saturated carbocycles. The van der Waals surface area contributed by atoms with Crippen molar-refractivity contribution in [3.63, 3.8) is 0 Å². The summed E-state index contributed by atoms with van der Waals surface area (Å²) < 4.78 is 2.58. The van der Waals surface area contributed by atoms with Gasteiger partial charge in [0.15, 0.2) is 0 Å². The van der Waals surface area contributed by atoms with E-state index in [0.717, 1.165) is 12.8 Å². The molecule has 2 aromatic heterocycles. The van der Waals surface area contributed by atoms with Gasteiger partial charge >= 0.3 is 0 Å². The highest BCUT2D eigenvalue weighted by Crippen LogP contribution is 2.46. The molecule has 2 heterocycles. The lowest BCUT2D eigenvalue weighted by atomic mass is 9.85. The van der Waals surface area contributed by atoms with Gasteiger partial charge in [0.1, 0.15) is 0 Å². The van der Waals surface area contributed by atoms with Gasteiger partial charge in [-0.1, -0.05) is 91.0 Å². The minimum Gasteiger partial charge on any atom is -0.308 e. The standard InChI is InChI=1S/C38H23N/c1-3-9-26-22(7-1)13-14-25-20-35-32(21-31(25)26)30-18-16-23-15-17-29-27-10-4-2-8-24(27)19-33-28-11-5-6-12-34(28)39(35)38(30)36(23)37(29)33/h1-12,15-21H,13-14H2. The first-order valence-electron chi connectivity index (χ1n) is 13.9. The van der Waals surface area contributed by atoms with E-state index in [1.165, 1.54) is 92.7 Å². The number of rotatable bonds is 0. The van der Waals surface area contributed by atoms with E-state index in [2.05, 4.69) is 120 Å². The van der Waals surface area contributed by atoms with E-state index in [0.29, 0.717) is 0 Å². The lowest BCUT2D eigenvalue weighted by Gasteiger charge is -2.20. The second-order valence-electron chi connectivity index (χ2n) is 11.2. The fourth-order valence-corrected chi connectivity index (χ4v) is 7.69. The summed E-state index contributed by atoms with van der Waals surface area (Å²) in [6.45, 7) is 0. The first-order chi connectivity index (χ1) is 19.3. The van der Waals surface area contributed by atoms with Crippen LogP contribution in [0.25, 0.3) is 81.5 Å². The van der Waals surface area contributed by atoms with Crippen LogP contribution in [0.1, 0.15) is 11.1 Å². The number of benzene rings is 7. The lowest BCUT2D eigenvalue weighted by Crippen LogP contribution is -2.03. The van der Waals surface area contributed by atoms with Crippen molar-refractivity contribution in [2.45, 2.75) is 12.8 Å². The highest BCUT2D eigenvalue weighted by atomic mass is 14.9. The molecule has 0 bridgehead atoms. The van der Waals surface area contributed by atoms with Crippen LogP contribution in [0.2, 0.25) is 0 Å². The van der Waals surface area contributed by atoms with E-state index in [4.69, 9.17) is 0 Å². The summed E-state index contributed by atoms with van der Waals surface area (Å²) in [5, 5.41) is 13.3. The fourth-order valence-electron chi connectivity index (χ4n) is 7.69. The second kappa shape index (κ2) is 6.95. The first-order valence-corrected chi connectivity index (χ1v) is 13.9. The van der Waals surface area contributed by atoms with Gasteiger partial charge in [-0.05, 0) is 86.3 Å². The van der Waals surface area contributed by atoms with E-state index in [9.17, 15) is 0 Å². The zero-order valence-corrected chi connectivity index (χ0v) is 21.3. The Kier molecular flexibility index (Phi) is 3.59. The van der Waals surface area contributed by atoms with Crippen LogP contribution < -0.4 is 0 Å². The van der Waals surface area contributed by atoms with Crippen LogP contribution in [-0.4, -0.2) is 4.40 Å². The van der Waals surface area contributed by atoms with Crippen LogP contribution >= 0.6 is 0 Å². The molecular weight excluding hydrogens is 470 g/mol. The topological polar surface area (TPSA) is 4.41 Å². The van der Waals surface area contributed by atoms with Crippen molar-refractivity contribution in [1.29, 1.82) is 0 Å². The molecule has 0 unspecified atom stereocenters. The third-order valence-corrected chi connectivity index (χ3v) is 9.36. The molecule has 1 aliphatic rings. The van der Waals surface area contributed by atoms with E-state index >= 15 is 0 Å². The summed E-state index contributed by atoms with van der Waals surface area (Å²) in [7, 11) is 0. The maximum Gasteiger partial charge on any atom is 0.0626 e. The predicted molar refractivity (Wildman–Crippen MR) is 166 cm³/mol.